The van der Waals surface area contributed by atoms with Crippen molar-refractivity contribution in [1.82, 2.24) is 5.32 Å². The Hall–Kier alpha value is -1.55. The highest BCUT2D eigenvalue weighted by molar-refractivity contribution is 5.70. The van der Waals surface area contributed by atoms with Crippen LogP contribution in [0.15, 0.2) is 24.3 Å². The highest BCUT2D eigenvalue weighted by Crippen LogP contribution is 2.25. The van der Waals surface area contributed by atoms with Gasteiger partial charge < -0.3 is 15.2 Å². The van der Waals surface area contributed by atoms with Gasteiger partial charge in [-0.1, -0.05) is 19.1 Å². The molecule has 0 spiro atoms. The van der Waals surface area contributed by atoms with E-state index in [-0.39, 0.29) is 5.92 Å². The molecule has 0 bridgehead atoms. The highest BCUT2D eigenvalue weighted by atomic mass is 16.5. The molecule has 0 saturated heterocycles. The Morgan fingerprint density at radius 2 is 1.91 bits per heavy atom. The Bertz CT molecular complexity index is 464. The van der Waals surface area contributed by atoms with Gasteiger partial charge in [0, 0.05) is 6.04 Å². The van der Waals surface area contributed by atoms with Gasteiger partial charge in [-0.3, -0.25) is 4.79 Å². The van der Waals surface area contributed by atoms with Crippen molar-refractivity contribution >= 4 is 5.97 Å². The molecular formula is C18H27NO3. The minimum Gasteiger partial charge on any atom is -0.497 e. The monoisotopic (exact) mass is 305 g/mol. The van der Waals surface area contributed by atoms with Gasteiger partial charge in [-0.15, -0.1) is 0 Å². The van der Waals surface area contributed by atoms with Gasteiger partial charge in [-0.25, -0.2) is 0 Å². The molecular weight excluding hydrogens is 278 g/mol. The maximum atomic E-state index is 10.9. The first kappa shape index (κ1) is 16.8. The van der Waals surface area contributed by atoms with Gasteiger partial charge in [-0.05, 0) is 62.3 Å². The van der Waals surface area contributed by atoms with E-state index in [0.717, 1.165) is 44.4 Å². The van der Waals surface area contributed by atoms with E-state index in [2.05, 4.69) is 24.4 Å². The van der Waals surface area contributed by atoms with Gasteiger partial charge in [0.15, 0.2) is 0 Å². The number of benzene rings is 1. The molecule has 4 nitrogen and oxygen atoms in total. The van der Waals surface area contributed by atoms with E-state index in [1.54, 1.807) is 7.11 Å². The van der Waals surface area contributed by atoms with Crippen LogP contribution in [0.1, 0.15) is 50.5 Å². The Kier molecular flexibility index (Phi) is 6.25. The molecule has 0 aromatic heterocycles. The fourth-order valence-electron chi connectivity index (χ4n) is 3.15. The lowest BCUT2D eigenvalue weighted by atomic mass is 9.86. The average molecular weight is 305 g/mol. The molecule has 2 rings (SSSR count). The third kappa shape index (κ3) is 4.73. The molecule has 0 amide bonds. The number of nitrogens with one attached hydrogen (secondary N) is 1. The number of aliphatic carboxylic acids is 1. The molecule has 0 radical (unpaired) electrons. The SMILES string of the molecule is COc1ccc(C(C)CCNC2CCC(C(=O)O)CC2)cc1. The third-order valence-electron chi connectivity index (χ3n) is 4.77. The second-order valence-corrected chi connectivity index (χ2v) is 6.30. The first-order valence-electron chi connectivity index (χ1n) is 8.20. The van der Waals surface area contributed by atoms with E-state index in [0.29, 0.717) is 12.0 Å². The van der Waals surface area contributed by atoms with Gasteiger partial charge in [0.05, 0.1) is 13.0 Å². The van der Waals surface area contributed by atoms with Crippen molar-refractivity contribution in [3.05, 3.63) is 29.8 Å². The molecule has 0 aliphatic heterocycles. The van der Waals surface area contributed by atoms with E-state index >= 15 is 0 Å². The fraction of sp³-hybridized carbons (Fsp3) is 0.611. The Morgan fingerprint density at radius 3 is 2.45 bits per heavy atom. The van der Waals surface area contributed by atoms with Crippen molar-refractivity contribution in [2.24, 2.45) is 5.92 Å². The van der Waals surface area contributed by atoms with Crippen LogP contribution in [0.4, 0.5) is 0 Å². The minimum absolute atomic E-state index is 0.128. The molecule has 1 fully saturated rings. The molecule has 4 heteroatoms. The number of rotatable bonds is 7. The Morgan fingerprint density at radius 1 is 1.27 bits per heavy atom. The van der Waals surface area contributed by atoms with Gasteiger partial charge in [0.2, 0.25) is 0 Å². The number of carboxylic acids is 1. The zero-order valence-electron chi connectivity index (χ0n) is 13.5. The zero-order valence-corrected chi connectivity index (χ0v) is 13.5. The van der Waals surface area contributed by atoms with E-state index in [9.17, 15) is 4.79 Å². The maximum Gasteiger partial charge on any atom is 0.306 e. The summed E-state index contributed by atoms with van der Waals surface area (Å²) in [6.45, 7) is 3.22. The maximum absolute atomic E-state index is 10.9. The molecule has 122 valence electrons. The highest BCUT2D eigenvalue weighted by Gasteiger charge is 2.25. The summed E-state index contributed by atoms with van der Waals surface area (Å²) in [7, 11) is 1.68. The summed E-state index contributed by atoms with van der Waals surface area (Å²) in [5.41, 5.74) is 1.33. The van der Waals surface area contributed by atoms with Gasteiger partial charge in [0.25, 0.3) is 0 Å². The molecule has 1 saturated carbocycles. The predicted molar refractivity (Wildman–Crippen MR) is 87.4 cm³/mol. The van der Waals surface area contributed by atoms with E-state index < -0.39 is 5.97 Å². The first-order chi connectivity index (χ1) is 10.6. The zero-order chi connectivity index (χ0) is 15.9. The third-order valence-corrected chi connectivity index (χ3v) is 4.77. The molecule has 22 heavy (non-hydrogen) atoms. The van der Waals surface area contributed by atoms with Crippen molar-refractivity contribution in [2.45, 2.75) is 51.0 Å². The summed E-state index contributed by atoms with van der Waals surface area (Å²) in [5, 5.41) is 12.6. The van der Waals surface area contributed by atoms with E-state index in [4.69, 9.17) is 9.84 Å². The first-order valence-corrected chi connectivity index (χ1v) is 8.20. The summed E-state index contributed by atoms with van der Waals surface area (Å²) in [6.07, 6.45) is 4.66. The summed E-state index contributed by atoms with van der Waals surface area (Å²) in [4.78, 5) is 10.9. The van der Waals surface area contributed by atoms with Crippen LogP contribution in [0.3, 0.4) is 0 Å². The molecule has 2 N–H and O–H groups in total. The summed E-state index contributed by atoms with van der Waals surface area (Å²) in [6, 6.07) is 8.75. The largest absolute Gasteiger partial charge is 0.497 e. The van der Waals surface area contributed by atoms with Crippen LogP contribution in [-0.4, -0.2) is 30.8 Å². The van der Waals surface area contributed by atoms with Crippen LogP contribution in [0.5, 0.6) is 5.75 Å². The molecule has 1 aromatic rings. The van der Waals surface area contributed by atoms with Crippen LogP contribution >= 0.6 is 0 Å². The number of methoxy groups -OCH3 is 1. The molecule has 1 aliphatic carbocycles. The Labute approximate surface area is 132 Å². The van der Waals surface area contributed by atoms with Crippen molar-refractivity contribution in [3.8, 4) is 5.75 Å². The summed E-state index contributed by atoms with van der Waals surface area (Å²) < 4.78 is 5.18. The summed E-state index contributed by atoms with van der Waals surface area (Å²) in [5.74, 6) is 0.640. The standard InChI is InChI=1S/C18H27NO3/c1-13(14-5-9-17(22-2)10-6-14)11-12-19-16-7-3-15(4-8-16)18(20)21/h5-6,9-10,13,15-16,19H,3-4,7-8,11-12H2,1-2H3,(H,20,21). The molecule has 1 aromatic carbocycles. The Balaban J connectivity index is 1.68. The lowest BCUT2D eigenvalue weighted by molar-refractivity contribution is -0.142. The number of hydrogen-bond donors (Lipinski definition) is 2. The molecule has 0 heterocycles. The average Bonchev–Trinajstić information content (AvgIpc) is 2.55. The van der Waals surface area contributed by atoms with Crippen molar-refractivity contribution in [3.63, 3.8) is 0 Å². The molecule has 1 aliphatic rings. The van der Waals surface area contributed by atoms with Crippen LogP contribution in [0, 0.1) is 5.92 Å². The lowest BCUT2D eigenvalue weighted by Gasteiger charge is -2.27. The normalized spacial score (nSPS) is 23.0. The number of carboxylic acid groups (broad SMARTS) is 1. The van der Waals surface area contributed by atoms with E-state index in [1.165, 1.54) is 5.56 Å². The van der Waals surface area contributed by atoms with Crippen LogP contribution in [0.25, 0.3) is 0 Å². The second-order valence-electron chi connectivity index (χ2n) is 6.30. The number of hydrogen-bond acceptors (Lipinski definition) is 3. The second kappa shape index (κ2) is 8.18. The fourth-order valence-corrected chi connectivity index (χ4v) is 3.15. The van der Waals surface area contributed by atoms with Crippen LogP contribution in [0.2, 0.25) is 0 Å². The van der Waals surface area contributed by atoms with E-state index in [1.807, 2.05) is 12.1 Å². The molecule has 1 atom stereocenters. The van der Waals surface area contributed by atoms with Gasteiger partial charge in [-0.2, -0.15) is 0 Å². The van der Waals surface area contributed by atoms with Gasteiger partial charge >= 0.3 is 5.97 Å². The lowest BCUT2D eigenvalue weighted by Crippen LogP contribution is -2.35. The van der Waals surface area contributed by atoms with Crippen LogP contribution in [-0.2, 0) is 4.79 Å². The molecule has 1 unspecified atom stereocenters. The van der Waals surface area contributed by atoms with Crippen molar-refractivity contribution in [1.29, 1.82) is 0 Å². The smallest absolute Gasteiger partial charge is 0.306 e. The minimum atomic E-state index is -0.633. The quantitative estimate of drug-likeness (QED) is 0.810. The topological polar surface area (TPSA) is 58.6 Å². The predicted octanol–water partition coefficient (Wildman–Crippen LogP) is 3.42. The number of carbonyl (C=O) groups is 1. The van der Waals surface area contributed by atoms with Gasteiger partial charge in [0.1, 0.15) is 5.75 Å². The summed E-state index contributed by atoms with van der Waals surface area (Å²) >= 11 is 0. The number of ether oxygens (including phenoxy) is 1. The van der Waals surface area contributed by atoms with Crippen molar-refractivity contribution < 1.29 is 14.6 Å². The van der Waals surface area contributed by atoms with Crippen LogP contribution < -0.4 is 10.1 Å². The van der Waals surface area contributed by atoms with Crippen molar-refractivity contribution in [2.75, 3.05) is 13.7 Å².